The average molecular weight is 319 g/mol. The van der Waals surface area contributed by atoms with E-state index in [1.165, 1.54) is 0 Å². The van der Waals surface area contributed by atoms with Crippen molar-refractivity contribution in [2.24, 2.45) is 4.99 Å². The summed E-state index contributed by atoms with van der Waals surface area (Å²) in [6, 6.07) is 11.0. The largest absolute Gasteiger partial charge is 0.494 e. The van der Waals surface area contributed by atoms with E-state index in [0.717, 1.165) is 16.5 Å². The molecule has 0 aliphatic heterocycles. The van der Waals surface area contributed by atoms with Gasteiger partial charge in [0.1, 0.15) is 0 Å². The minimum absolute atomic E-state index is 0.0903. The minimum Gasteiger partial charge on any atom is -0.494 e. The molecule has 0 aliphatic rings. The Kier molecular flexibility index (Phi) is 3.62. The Labute approximate surface area is 131 Å². The number of rotatable bonds is 2. The van der Waals surface area contributed by atoms with E-state index >= 15 is 0 Å². The molecular weight excluding hydrogens is 307 g/mol. The first kappa shape index (κ1) is 14.0. The predicted octanol–water partition coefficient (Wildman–Crippen LogP) is 5.24. The molecule has 0 saturated carbocycles. The molecule has 0 saturated heterocycles. The van der Waals surface area contributed by atoms with E-state index in [-0.39, 0.29) is 5.88 Å². The molecule has 0 fully saturated rings. The van der Waals surface area contributed by atoms with Gasteiger partial charge >= 0.3 is 0 Å². The van der Waals surface area contributed by atoms with Crippen molar-refractivity contribution in [2.75, 3.05) is 0 Å². The van der Waals surface area contributed by atoms with E-state index in [1.54, 1.807) is 24.4 Å². The van der Waals surface area contributed by atoms with E-state index in [9.17, 15) is 5.11 Å². The zero-order chi connectivity index (χ0) is 15.0. The highest BCUT2D eigenvalue weighted by molar-refractivity contribution is 6.35. The fraction of sp³-hybridized carbons (Fsp3) is 0.0625. The summed E-state index contributed by atoms with van der Waals surface area (Å²) in [5.74, 6) is 0.0903. The molecular formula is C16H12Cl2N2O. The van der Waals surface area contributed by atoms with Crippen LogP contribution in [0.4, 0.5) is 5.69 Å². The molecule has 2 N–H and O–H groups in total. The van der Waals surface area contributed by atoms with Gasteiger partial charge in [0.05, 0.1) is 11.3 Å². The van der Waals surface area contributed by atoms with Gasteiger partial charge in [0.15, 0.2) is 5.88 Å². The van der Waals surface area contributed by atoms with Crippen LogP contribution in [0.2, 0.25) is 10.0 Å². The number of nitrogens with zero attached hydrogens (tertiary/aromatic N) is 1. The molecule has 21 heavy (non-hydrogen) atoms. The number of fused-ring (bicyclic) bond motifs is 1. The highest BCUT2D eigenvalue weighted by Crippen LogP contribution is 2.28. The van der Waals surface area contributed by atoms with Crippen molar-refractivity contribution in [2.45, 2.75) is 6.92 Å². The lowest BCUT2D eigenvalue weighted by Gasteiger charge is -1.97. The lowest BCUT2D eigenvalue weighted by molar-refractivity contribution is 0.457. The van der Waals surface area contributed by atoms with E-state index in [2.05, 4.69) is 9.98 Å². The van der Waals surface area contributed by atoms with Gasteiger partial charge in [-0.25, -0.2) is 0 Å². The Morgan fingerprint density at radius 2 is 1.81 bits per heavy atom. The van der Waals surface area contributed by atoms with Crippen LogP contribution in [0.1, 0.15) is 11.1 Å². The van der Waals surface area contributed by atoms with Crippen LogP contribution in [0, 0.1) is 6.92 Å². The van der Waals surface area contributed by atoms with Gasteiger partial charge in [-0.05, 0) is 36.8 Å². The SMILES string of the molecule is Cc1ccc2c(C=Nc3cc(Cl)cc(Cl)c3)c(O)[nH]c2c1. The van der Waals surface area contributed by atoms with Gasteiger partial charge in [0.25, 0.3) is 0 Å². The maximum absolute atomic E-state index is 10.0. The molecule has 0 radical (unpaired) electrons. The number of hydrogen-bond acceptors (Lipinski definition) is 2. The zero-order valence-electron chi connectivity index (χ0n) is 11.2. The van der Waals surface area contributed by atoms with Crippen LogP contribution < -0.4 is 0 Å². The number of aromatic hydroxyl groups is 1. The van der Waals surface area contributed by atoms with Crippen LogP contribution in [0.5, 0.6) is 5.88 Å². The number of benzene rings is 2. The normalized spacial score (nSPS) is 11.6. The van der Waals surface area contributed by atoms with Gasteiger partial charge in [-0.15, -0.1) is 0 Å². The van der Waals surface area contributed by atoms with Crippen LogP contribution in [0.15, 0.2) is 41.4 Å². The summed E-state index contributed by atoms with van der Waals surface area (Å²) in [5, 5.41) is 12.0. The first-order valence-electron chi connectivity index (χ1n) is 6.34. The number of H-pyrrole nitrogens is 1. The third-order valence-electron chi connectivity index (χ3n) is 3.16. The minimum atomic E-state index is 0.0903. The van der Waals surface area contributed by atoms with Gasteiger partial charge in [0.2, 0.25) is 0 Å². The lowest BCUT2D eigenvalue weighted by Crippen LogP contribution is -1.79. The molecule has 1 aromatic heterocycles. The molecule has 0 spiro atoms. The highest BCUT2D eigenvalue weighted by Gasteiger charge is 2.08. The quantitative estimate of drug-likeness (QED) is 0.624. The van der Waals surface area contributed by atoms with Gasteiger partial charge in [-0.2, -0.15) is 0 Å². The van der Waals surface area contributed by atoms with Crippen LogP contribution in [-0.2, 0) is 0 Å². The Hall–Kier alpha value is -1.97. The molecule has 0 atom stereocenters. The smallest absolute Gasteiger partial charge is 0.198 e. The molecule has 3 nitrogen and oxygen atoms in total. The van der Waals surface area contributed by atoms with Crippen molar-refractivity contribution in [3.63, 3.8) is 0 Å². The monoisotopic (exact) mass is 318 g/mol. The molecule has 2 aromatic carbocycles. The van der Waals surface area contributed by atoms with Crippen molar-refractivity contribution in [1.82, 2.24) is 4.98 Å². The molecule has 0 unspecified atom stereocenters. The van der Waals surface area contributed by atoms with Crippen LogP contribution in [-0.4, -0.2) is 16.3 Å². The summed E-state index contributed by atoms with van der Waals surface area (Å²) in [7, 11) is 0. The van der Waals surface area contributed by atoms with Gasteiger partial charge < -0.3 is 10.1 Å². The number of aromatic nitrogens is 1. The first-order valence-corrected chi connectivity index (χ1v) is 7.10. The Bertz CT molecular complexity index is 833. The van der Waals surface area contributed by atoms with Crippen LogP contribution >= 0.6 is 23.2 Å². The second-order valence-electron chi connectivity index (χ2n) is 4.82. The molecule has 0 aliphatic carbocycles. The maximum atomic E-state index is 10.0. The van der Waals surface area contributed by atoms with Crippen molar-refractivity contribution in [3.05, 3.63) is 57.6 Å². The topological polar surface area (TPSA) is 48.4 Å². The molecule has 3 aromatic rings. The summed E-state index contributed by atoms with van der Waals surface area (Å²) in [6.45, 7) is 2.00. The molecule has 106 valence electrons. The van der Waals surface area contributed by atoms with Gasteiger partial charge in [-0.1, -0.05) is 35.3 Å². The molecule has 3 rings (SSSR count). The van der Waals surface area contributed by atoms with Crippen molar-refractivity contribution in [1.29, 1.82) is 0 Å². The van der Waals surface area contributed by atoms with Crippen molar-refractivity contribution < 1.29 is 5.11 Å². The summed E-state index contributed by atoms with van der Waals surface area (Å²) in [5.41, 5.74) is 3.27. The number of hydrogen-bond donors (Lipinski definition) is 2. The lowest BCUT2D eigenvalue weighted by atomic mass is 10.1. The summed E-state index contributed by atoms with van der Waals surface area (Å²) in [4.78, 5) is 7.27. The predicted molar refractivity (Wildman–Crippen MR) is 88.4 cm³/mol. The van der Waals surface area contributed by atoms with Gasteiger partial charge in [-0.3, -0.25) is 4.99 Å². The number of aromatic amines is 1. The number of aliphatic imine (C=N–C) groups is 1. The fourth-order valence-corrected chi connectivity index (χ4v) is 2.72. The number of nitrogens with one attached hydrogen (secondary N) is 1. The van der Waals surface area contributed by atoms with E-state index in [1.807, 2.05) is 25.1 Å². The highest BCUT2D eigenvalue weighted by atomic mass is 35.5. The Balaban J connectivity index is 2.05. The Morgan fingerprint density at radius 1 is 1.10 bits per heavy atom. The maximum Gasteiger partial charge on any atom is 0.198 e. The van der Waals surface area contributed by atoms with E-state index in [0.29, 0.717) is 21.3 Å². The second kappa shape index (κ2) is 5.43. The van der Waals surface area contributed by atoms with Crippen molar-refractivity contribution in [3.8, 4) is 5.88 Å². The Morgan fingerprint density at radius 3 is 2.52 bits per heavy atom. The van der Waals surface area contributed by atoms with Gasteiger partial charge in [0, 0.05) is 27.2 Å². The number of aryl methyl sites for hydroxylation is 1. The molecule has 1 heterocycles. The van der Waals surface area contributed by atoms with E-state index < -0.39 is 0 Å². The average Bonchev–Trinajstić information content (AvgIpc) is 2.70. The molecule has 5 heteroatoms. The van der Waals surface area contributed by atoms with Crippen LogP contribution in [0.3, 0.4) is 0 Å². The first-order chi connectivity index (χ1) is 10.0. The summed E-state index contributed by atoms with van der Waals surface area (Å²) in [6.07, 6.45) is 1.60. The fourth-order valence-electron chi connectivity index (χ4n) is 2.20. The summed E-state index contributed by atoms with van der Waals surface area (Å²) < 4.78 is 0. The standard InChI is InChI=1S/C16H12Cl2N2O/c1-9-2-3-13-14(16(21)20-15(13)4-9)8-19-12-6-10(17)5-11(18)7-12/h2-8,20-21H,1H3. The van der Waals surface area contributed by atoms with Crippen LogP contribution in [0.25, 0.3) is 10.9 Å². The zero-order valence-corrected chi connectivity index (χ0v) is 12.7. The molecule has 0 bridgehead atoms. The van der Waals surface area contributed by atoms with Crippen molar-refractivity contribution >= 4 is 46.0 Å². The molecule has 0 amide bonds. The second-order valence-corrected chi connectivity index (χ2v) is 5.70. The third kappa shape index (κ3) is 2.89. The summed E-state index contributed by atoms with van der Waals surface area (Å²) >= 11 is 11.9. The number of halogens is 2. The van der Waals surface area contributed by atoms with E-state index in [4.69, 9.17) is 23.2 Å². The third-order valence-corrected chi connectivity index (χ3v) is 3.60.